The predicted molar refractivity (Wildman–Crippen MR) is 131 cm³/mol. The molecule has 0 spiro atoms. The van der Waals surface area contributed by atoms with Crippen molar-refractivity contribution in [3.05, 3.63) is 93.5 Å². The molecule has 0 aromatic heterocycles. The molecule has 0 aliphatic carbocycles. The van der Waals surface area contributed by atoms with Crippen molar-refractivity contribution in [1.29, 1.82) is 0 Å². The summed E-state index contributed by atoms with van der Waals surface area (Å²) >= 11 is 3.49. The highest BCUT2D eigenvalue weighted by molar-refractivity contribution is 9.10. The van der Waals surface area contributed by atoms with E-state index in [-0.39, 0.29) is 12.5 Å². The zero-order valence-electron chi connectivity index (χ0n) is 18.3. The fourth-order valence-corrected chi connectivity index (χ4v) is 3.50. The average molecular weight is 495 g/mol. The Morgan fingerprint density at radius 1 is 1.00 bits per heavy atom. The Bertz CT molecular complexity index is 1050. The lowest BCUT2D eigenvalue weighted by Gasteiger charge is -2.09. The Morgan fingerprint density at radius 2 is 1.72 bits per heavy atom. The van der Waals surface area contributed by atoms with Crippen molar-refractivity contribution in [3.8, 4) is 11.5 Å². The van der Waals surface area contributed by atoms with E-state index in [1.807, 2.05) is 42.5 Å². The zero-order chi connectivity index (χ0) is 22.8. The number of nitrogens with zero attached hydrogens (tertiary/aromatic N) is 1. The first kappa shape index (κ1) is 23.5. The number of rotatable bonds is 10. The smallest absolute Gasteiger partial charge is 0.277 e. The Morgan fingerprint density at radius 3 is 2.41 bits per heavy atom. The monoisotopic (exact) mass is 494 g/mol. The van der Waals surface area contributed by atoms with Gasteiger partial charge in [-0.2, -0.15) is 5.10 Å². The number of hydrazone groups is 1. The molecule has 32 heavy (non-hydrogen) atoms. The third kappa shape index (κ3) is 7.54. The quantitative estimate of drug-likeness (QED) is 0.285. The van der Waals surface area contributed by atoms with Crippen molar-refractivity contribution < 1.29 is 14.3 Å². The molecule has 0 saturated carbocycles. The van der Waals surface area contributed by atoms with Gasteiger partial charge >= 0.3 is 0 Å². The maximum Gasteiger partial charge on any atom is 0.277 e. The number of ether oxygens (including phenoxy) is 2. The van der Waals surface area contributed by atoms with Crippen LogP contribution in [0.1, 0.15) is 35.6 Å². The van der Waals surface area contributed by atoms with Crippen LogP contribution < -0.4 is 14.9 Å². The van der Waals surface area contributed by atoms with Crippen molar-refractivity contribution in [1.82, 2.24) is 5.43 Å². The lowest BCUT2D eigenvalue weighted by molar-refractivity contribution is -0.123. The van der Waals surface area contributed by atoms with Gasteiger partial charge in [0.25, 0.3) is 5.91 Å². The number of hydrogen-bond donors (Lipinski definition) is 1. The molecule has 0 radical (unpaired) electrons. The lowest BCUT2D eigenvalue weighted by atomic mass is 10.1. The number of nitrogens with one attached hydrogen (secondary N) is 1. The second-order valence-corrected chi connectivity index (χ2v) is 8.29. The van der Waals surface area contributed by atoms with Crippen LogP contribution >= 0.6 is 15.9 Å². The Hall–Kier alpha value is -3.12. The van der Waals surface area contributed by atoms with Gasteiger partial charge < -0.3 is 9.47 Å². The Balaban J connectivity index is 1.42. The molecule has 1 N–H and O–H groups in total. The molecule has 3 aromatic carbocycles. The summed E-state index contributed by atoms with van der Waals surface area (Å²) in [6.45, 7) is 4.60. The number of hydrogen-bond acceptors (Lipinski definition) is 4. The summed E-state index contributed by atoms with van der Waals surface area (Å²) in [6, 6.07) is 21.7. The van der Waals surface area contributed by atoms with Crippen LogP contribution in [0.2, 0.25) is 0 Å². The second-order valence-electron chi connectivity index (χ2n) is 7.44. The van der Waals surface area contributed by atoms with E-state index in [0.29, 0.717) is 12.4 Å². The number of benzene rings is 3. The van der Waals surface area contributed by atoms with Crippen LogP contribution in [0, 0.1) is 6.92 Å². The summed E-state index contributed by atoms with van der Waals surface area (Å²) in [5.41, 5.74) is 6.90. The average Bonchev–Trinajstić information content (AvgIpc) is 2.79. The minimum Gasteiger partial charge on any atom is -0.489 e. The van der Waals surface area contributed by atoms with Crippen LogP contribution in [-0.2, 0) is 17.8 Å². The lowest BCUT2D eigenvalue weighted by Crippen LogP contribution is -2.24. The minimum atomic E-state index is -0.330. The molecule has 6 heteroatoms. The van der Waals surface area contributed by atoms with E-state index in [1.165, 1.54) is 11.1 Å². The highest BCUT2D eigenvalue weighted by Crippen LogP contribution is 2.26. The van der Waals surface area contributed by atoms with E-state index in [4.69, 9.17) is 9.47 Å². The second kappa shape index (κ2) is 12.1. The van der Waals surface area contributed by atoms with Gasteiger partial charge in [0.15, 0.2) is 6.61 Å². The van der Waals surface area contributed by atoms with Gasteiger partial charge in [-0.1, -0.05) is 49.2 Å². The maximum absolute atomic E-state index is 12.0. The summed E-state index contributed by atoms with van der Waals surface area (Å²) in [5.74, 6) is 1.07. The molecule has 5 nitrogen and oxygen atoms in total. The van der Waals surface area contributed by atoms with Crippen molar-refractivity contribution in [3.63, 3.8) is 0 Å². The van der Waals surface area contributed by atoms with Gasteiger partial charge in [-0.25, -0.2) is 5.43 Å². The third-order valence-electron chi connectivity index (χ3n) is 4.70. The highest BCUT2D eigenvalue weighted by Gasteiger charge is 2.06. The molecule has 0 unspecified atom stereocenters. The molecular formula is C26H27BrN2O3. The van der Waals surface area contributed by atoms with E-state index in [2.05, 4.69) is 64.6 Å². The molecule has 0 atom stereocenters. The maximum atomic E-state index is 12.0. The fraction of sp³-hybridized carbons (Fsp3) is 0.231. The molecule has 166 valence electrons. The standard InChI is InChI=1S/C26H27BrN2O3/c1-3-4-20-11-14-25(24(27)15-20)32-18-26(30)29-28-16-21-9-12-23(13-10-21)31-17-22-7-5-19(2)6-8-22/h5-16H,3-4,17-18H2,1-2H3,(H,29,30)/b28-16+. The summed E-state index contributed by atoms with van der Waals surface area (Å²) in [6.07, 6.45) is 3.67. The van der Waals surface area contributed by atoms with Gasteiger partial charge in [-0.3, -0.25) is 4.79 Å². The zero-order valence-corrected chi connectivity index (χ0v) is 19.9. The summed E-state index contributed by atoms with van der Waals surface area (Å²) in [7, 11) is 0. The number of carbonyl (C=O) groups excluding carboxylic acids is 1. The summed E-state index contributed by atoms with van der Waals surface area (Å²) in [4.78, 5) is 12.0. The molecule has 0 aliphatic heterocycles. The number of halogens is 1. The highest BCUT2D eigenvalue weighted by atomic mass is 79.9. The summed E-state index contributed by atoms with van der Waals surface area (Å²) in [5, 5.41) is 3.99. The molecular weight excluding hydrogens is 468 g/mol. The van der Waals surface area contributed by atoms with Crippen LogP contribution in [-0.4, -0.2) is 18.7 Å². The van der Waals surface area contributed by atoms with E-state index in [0.717, 1.165) is 34.2 Å². The molecule has 0 heterocycles. The van der Waals surface area contributed by atoms with E-state index < -0.39 is 0 Å². The summed E-state index contributed by atoms with van der Waals surface area (Å²) < 4.78 is 12.2. The van der Waals surface area contributed by atoms with Gasteiger partial charge in [0, 0.05) is 0 Å². The predicted octanol–water partition coefficient (Wildman–Crippen LogP) is 5.82. The largest absolute Gasteiger partial charge is 0.489 e. The Kier molecular flexibility index (Phi) is 8.87. The minimum absolute atomic E-state index is 0.116. The van der Waals surface area contributed by atoms with E-state index in [9.17, 15) is 4.79 Å². The van der Waals surface area contributed by atoms with Gasteiger partial charge in [0.2, 0.25) is 0 Å². The first-order valence-electron chi connectivity index (χ1n) is 10.5. The normalized spacial score (nSPS) is 10.8. The topological polar surface area (TPSA) is 59.9 Å². The molecule has 3 aromatic rings. The van der Waals surface area contributed by atoms with E-state index in [1.54, 1.807) is 6.21 Å². The number of aryl methyl sites for hydroxylation is 2. The fourth-order valence-electron chi connectivity index (χ4n) is 2.96. The molecule has 0 bridgehead atoms. The Labute approximate surface area is 197 Å². The molecule has 3 rings (SSSR count). The van der Waals surface area contributed by atoms with Gasteiger partial charge in [-0.15, -0.1) is 0 Å². The van der Waals surface area contributed by atoms with Crippen molar-refractivity contribution >= 4 is 28.1 Å². The van der Waals surface area contributed by atoms with Crippen molar-refractivity contribution in [2.75, 3.05) is 6.61 Å². The molecule has 0 saturated heterocycles. The number of amides is 1. The van der Waals surface area contributed by atoms with Crippen LogP contribution in [0.15, 0.2) is 76.3 Å². The SMILES string of the molecule is CCCc1ccc(OCC(=O)N/N=C/c2ccc(OCc3ccc(C)cc3)cc2)c(Br)c1. The third-order valence-corrected chi connectivity index (χ3v) is 5.32. The molecule has 1 amide bonds. The molecule has 0 aliphatic rings. The first-order valence-corrected chi connectivity index (χ1v) is 11.3. The number of carbonyl (C=O) groups is 1. The van der Waals surface area contributed by atoms with Gasteiger partial charge in [-0.05, 0) is 82.4 Å². The van der Waals surface area contributed by atoms with Crippen LogP contribution in [0.3, 0.4) is 0 Å². The van der Waals surface area contributed by atoms with Gasteiger partial charge in [0.1, 0.15) is 18.1 Å². The van der Waals surface area contributed by atoms with E-state index >= 15 is 0 Å². The van der Waals surface area contributed by atoms with Crippen molar-refractivity contribution in [2.24, 2.45) is 5.10 Å². The van der Waals surface area contributed by atoms with Gasteiger partial charge in [0.05, 0.1) is 10.7 Å². The first-order chi connectivity index (χ1) is 15.5. The van der Waals surface area contributed by atoms with Crippen LogP contribution in [0.5, 0.6) is 11.5 Å². The van der Waals surface area contributed by atoms with Crippen LogP contribution in [0.25, 0.3) is 0 Å². The van der Waals surface area contributed by atoms with Crippen molar-refractivity contribution in [2.45, 2.75) is 33.3 Å². The van der Waals surface area contributed by atoms with Crippen LogP contribution in [0.4, 0.5) is 0 Å². The molecule has 0 fully saturated rings.